The van der Waals surface area contributed by atoms with Crippen LogP contribution in [0, 0.1) is 0 Å². The number of alkyl halides is 3. The Morgan fingerprint density at radius 1 is 1.17 bits per heavy atom. The van der Waals surface area contributed by atoms with Gasteiger partial charge in [0.05, 0.1) is 30.6 Å². The Kier molecular flexibility index (Phi) is 6.19. The zero-order chi connectivity index (χ0) is 25.4. The lowest BCUT2D eigenvalue weighted by molar-refractivity contribution is -0.137. The molecule has 4 rings (SSSR count). The number of para-hydroxylation sites is 1. The van der Waals surface area contributed by atoms with Crippen molar-refractivity contribution in [3.05, 3.63) is 53.6 Å². The molecular formula is C20H19F3N8O3S. The molecule has 1 aromatic carbocycles. The quantitative estimate of drug-likeness (QED) is 0.439. The molecular weight excluding hydrogens is 489 g/mol. The van der Waals surface area contributed by atoms with Gasteiger partial charge >= 0.3 is 6.18 Å². The largest absolute Gasteiger partial charge is 0.421 e. The molecule has 3 heterocycles. The number of fused-ring (bicyclic) bond motifs is 1. The molecule has 0 unspecified atom stereocenters. The first-order chi connectivity index (χ1) is 16.4. The first kappa shape index (κ1) is 24.1. The molecule has 15 heteroatoms. The predicted octanol–water partition coefficient (Wildman–Crippen LogP) is 2.53. The number of amides is 1. The maximum absolute atomic E-state index is 13.6. The van der Waals surface area contributed by atoms with Crippen molar-refractivity contribution < 1.29 is 26.4 Å². The first-order valence-electron chi connectivity index (χ1n) is 10.0. The van der Waals surface area contributed by atoms with Crippen LogP contribution in [0.25, 0.3) is 0 Å². The summed E-state index contributed by atoms with van der Waals surface area (Å²) in [7, 11) is -2.43. The molecule has 0 fully saturated rings. The summed E-state index contributed by atoms with van der Waals surface area (Å²) >= 11 is 0. The van der Waals surface area contributed by atoms with Crippen molar-refractivity contribution >= 4 is 44.9 Å². The summed E-state index contributed by atoms with van der Waals surface area (Å²) in [6.45, 7) is -0.306. The third-order valence-electron chi connectivity index (χ3n) is 5.08. The van der Waals surface area contributed by atoms with Gasteiger partial charge in [-0.3, -0.25) is 14.1 Å². The van der Waals surface area contributed by atoms with Crippen molar-refractivity contribution in [2.75, 3.05) is 33.6 Å². The number of nitrogens with one attached hydrogen (secondary N) is 3. The number of benzene rings is 1. The second-order valence-electron chi connectivity index (χ2n) is 7.55. The molecule has 1 aliphatic heterocycles. The van der Waals surface area contributed by atoms with Gasteiger partial charge in [-0.15, -0.1) is 0 Å². The molecule has 11 nitrogen and oxygen atoms in total. The predicted molar refractivity (Wildman–Crippen MR) is 122 cm³/mol. The molecule has 0 spiro atoms. The lowest BCUT2D eigenvalue weighted by Crippen LogP contribution is -2.27. The number of hydrogen-bond donors (Lipinski definition) is 3. The molecule has 184 valence electrons. The molecule has 2 aromatic heterocycles. The number of carbonyl (C=O) groups is 1. The number of carbonyl (C=O) groups excluding carboxylic acids is 1. The summed E-state index contributed by atoms with van der Waals surface area (Å²) in [6.07, 6.45) is -0.430. The minimum Gasteiger partial charge on any atom is -0.364 e. The van der Waals surface area contributed by atoms with E-state index in [1.807, 2.05) is 0 Å². The van der Waals surface area contributed by atoms with Crippen molar-refractivity contribution in [1.29, 1.82) is 0 Å². The van der Waals surface area contributed by atoms with Gasteiger partial charge in [0.25, 0.3) is 0 Å². The number of sulfonamides is 1. The van der Waals surface area contributed by atoms with Crippen LogP contribution in [-0.2, 0) is 34.0 Å². The molecule has 3 N–H and O–H groups in total. The van der Waals surface area contributed by atoms with E-state index in [1.165, 1.54) is 19.4 Å². The van der Waals surface area contributed by atoms with E-state index < -0.39 is 27.6 Å². The Balaban J connectivity index is 1.64. The molecule has 35 heavy (non-hydrogen) atoms. The molecule has 1 amide bonds. The lowest BCUT2D eigenvalue weighted by atomic mass is 10.1. The van der Waals surface area contributed by atoms with E-state index in [-0.39, 0.29) is 36.3 Å². The Labute approximate surface area is 197 Å². The second kappa shape index (κ2) is 8.98. The molecule has 1 aliphatic rings. The Morgan fingerprint density at radius 2 is 1.91 bits per heavy atom. The van der Waals surface area contributed by atoms with E-state index in [4.69, 9.17) is 0 Å². The van der Waals surface area contributed by atoms with Gasteiger partial charge < -0.3 is 16.0 Å². The fraction of sp³-hybridized carbons (Fsp3) is 0.250. The van der Waals surface area contributed by atoms with Crippen LogP contribution < -0.4 is 20.3 Å². The van der Waals surface area contributed by atoms with Crippen LogP contribution in [0.3, 0.4) is 0 Å². The lowest BCUT2D eigenvalue weighted by Gasteiger charge is -2.19. The van der Waals surface area contributed by atoms with Crippen molar-refractivity contribution in [1.82, 2.24) is 19.9 Å². The van der Waals surface area contributed by atoms with Gasteiger partial charge in [-0.2, -0.15) is 18.2 Å². The molecule has 0 atom stereocenters. The van der Waals surface area contributed by atoms with Gasteiger partial charge in [0.2, 0.25) is 21.9 Å². The zero-order valence-electron chi connectivity index (χ0n) is 18.4. The normalized spacial score (nSPS) is 13.2. The van der Waals surface area contributed by atoms with Crippen LogP contribution >= 0.6 is 0 Å². The SMILES string of the molecule is CN(c1nccnc1CNc1nc(Nc2cccc3c2NC(=O)C3)ncc1C(F)(F)F)S(C)(=O)=O. The number of halogens is 3. The minimum absolute atomic E-state index is 0.0425. The maximum Gasteiger partial charge on any atom is 0.421 e. The third kappa shape index (κ3) is 5.24. The first-order valence-corrected chi connectivity index (χ1v) is 11.9. The highest BCUT2D eigenvalue weighted by Gasteiger charge is 2.35. The topological polar surface area (TPSA) is 142 Å². The summed E-state index contributed by atoms with van der Waals surface area (Å²) < 4.78 is 65.5. The van der Waals surface area contributed by atoms with Crippen LogP contribution in [0.4, 0.5) is 42.1 Å². The summed E-state index contributed by atoms with van der Waals surface area (Å²) in [5.41, 5.74) is 0.617. The smallest absolute Gasteiger partial charge is 0.364 e. The van der Waals surface area contributed by atoms with Crippen molar-refractivity contribution in [3.8, 4) is 0 Å². The van der Waals surface area contributed by atoms with Crippen LogP contribution in [0.5, 0.6) is 0 Å². The van der Waals surface area contributed by atoms with E-state index in [1.54, 1.807) is 18.2 Å². The van der Waals surface area contributed by atoms with Gasteiger partial charge in [-0.25, -0.2) is 18.4 Å². The molecule has 0 radical (unpaired) electrons. The standard InChI is InChI=1S/C20H19F3N8O3S/c1-31(35(2,33)34)18-14(24-6-7-25-18)10-26-17-12(20(21,22)23)9-27-19(30-17)28-13-5-3-4-11-8-15(32)29-16(11)13/h3-7,9H,8,10H2,1-2H3,(H,29,32)(H2,26,27,28,30). The highest BCUT2D eigenvalue weighted by Crippen LogP contribution is 2.36. The number of nitrogens with zero attached hydrogens (tertiary/aromatic N) is 5. The van der Waals surface area contributed by atoms with Crippen molar-refractivity contribution in [2.24, 2.45) is 0 Å². The maximum atomic E-state index is 13.6. The summed E-state index contributed by atoms with van der Waals surface area (Å²) in [5.74, 6) is -0.948. The van der Waals surface area contributed by atoms with E-state index in [0.717, 1.165) is 16.1 Å². The van der Waals surface area contributed by atoms with Crippen LogP contribution in [0.15, 0.2) is 36.8 Å². The Bertz CT molecular complexity index is 1400. The van der Waals surface area contributed by atoms with Gasteiger partial charge in [-0.1, -0.05) is 12.1 Å². The van der Waals surface area contributed by atoms with Gasteiger partial charge in [-0.05, 0) is 11.6 Å². The van der Waals surface area contributed by atoms with Crippen LogP contribution in [0.2, 0.25) is 0 Å². The highest BCUT2D eigenvalue weighted by molar-refractivity contribution is 7.92. The third-order valence-corrected chi connectivity index (χ3v) is 6.25. The number of aromatic nitrogens is 4. The van der Waals surface area contributed by atoms with E-state index in [2.05, 4.69) is 35.9 Å². The molecule has 0 saturated heterocycles. The van der Waals surface area contributed by atoms with E-state index in [0.29, 0.717) is 17.6 Å². The van der Waals surface area contributed by atoms with Crippen molar-refractivity contribution in [3.63, 3.8) is 0 Å². The minimum atomic E-state index is -4.77. The fourth-order valence-corrected chi connectivity index (χ4v) is 3.80. The Morgan fingerprint density at radius 3 is 2.63 bits per heavy atom. The van der Waals surface area contributed by atoms with Crippen LogP contribution in [0.1, 0.15) is 16.8 Å². The van der Waals surface area contributed by atoms with Gasteiger partial charge in [0, 0.05) is 25.6 Å². The number of hydrogen-bond acceptors (Lipinski definition) is 9. The fourth-order valence-electron chi connectivity index (χ4n) is 3.33. The van der Waals surface area contributed by atoms with E-state index >= 15 is 0 Å². The average Bonchev–Trinajstić information content (AvgIpc) is 3.17. The molecule has 0 bridgehead atoms. The molecule has 0 aliphatic carbocycles. The van der Waals surface area contributed by atoms with Gasteiger partial charge in [0.15, 0.2) is 5.82 Å². The molecule has 0 saturated carbocycles. The number of anilines is 5. The van der Waals surface area contributed by atoms with Crippen molar-refractivity contribution in [2.45, 2.75) is 19.1 Å². The summed E-state index contributed by atoms with van der Waals surface area (Å²) in [4.78, 5) is 27.5. The number of rotatable bonds is 7. The second-order valence-corrected chi connectivity index (χ2v) is 9.57. The average molecular weight is 508 g/mol. The monoisotopic (exact) mass is 508 g/mol. The molecule has 3 aromatic rings. The summed E-state index contributed by atoms with van der Waals surface area (Å²) in [6, 6.07) is 5.08. The highest BCUT2D eigenvalue weighted by atomic mass is 32.2. The van der Waals surface area contributed by atoms with Crippen LogP contribution in [-0.4, -0.2) is 47.6 Å². The van der Waals surface area contributed by atoms with E-state index in [9.17, 15) is 26.4 Å². The Hall–Kier alpha value is -4.01. The zero-order valence-corrected chi connectivity index (χ0v) is 19.2. The summed E-state index contributed by atoms with van der Waals surface area (Å²) in [5, 5.41) is 8.09. The van der Waals surface area contributed by atoms with Gasteiger partial charge in [0.1, 0.15) is 17.1 Å².